The lowest BCUT2D eigenvalue weighted by atomic mass is 9.88. The Balaban J connectivity index is 2.22. The summed E-state index contributed by atoms with van der Waals surface area (Å²) in [6.07, 6.45) is 0.162. The van der Waals surface area contributed by atoms with Crippen LogP contribution >= 0.6 is 0 Å². The lowest BCUT2D eigenvalue weighted by molar-refractivity contribution is 0.0953. The van der Waals surface area contributed by atoms with E-state index in [0.717, 1.165) is 5.56 Å². The van der Waals surface area contributed by atoms with Crippen molar-refractivity contribution in [2.75, 3.05) is 4.31 Å². The molecule has 1 heterocycles. The summed E-state index contributed by atoms with van der Waals surface area (Å²) < 4.78 is 27.8. The van der Waals surface area contributed by atoms with Gasteiger partial charge in [0.05, 0.1) is 16.1 Å². The fourth-order valence-corrected chi connectivity index (χ4v) is 4.87. The van der Waals surface area contributed by atoms with Crippen LogP contribution in [0.15, 0.2) is 53.4 Å². The average molecular weight is 329 g/mol. The second-order valence-electron chi connectivity index (χ2n) is 6.51. The van der Waals surface area contributed by atoms with Crippen molar-refractivity contribution in [3.05, 3.63) is 59.7 Å². The first-order valence-electron chi connectivity index (χ1n) is 7.48. The molecule has 1 aliphatic rings. The number of carbonyl (C=O) groups is 1. The van der Waals surface area contributed by atoms with Crippen LogP contribution in [-0.2, 0) is 10.0 Å². The number of hydrogen-bond acceptors (Lipinski definition) is 3. The van der Waals surface area contributed by atoms with Gasteiger partial charge in [0, 0.05) is 12.0 Å². The Morgan fingerprint density at radius 2 is 1.61 bits per heavy atom. The van der Waals surface area contributed by atoms with Crippen molar-refractivity contribution in [3.63, 3.8) is 0 Å². The summed E-state index contributed by atoms with van der Waals surface area (Å²) in [5, 5.41) is 0. The number of anilines is 1. The normalized spacial score (nSPS) is 17.0. The summed E-state index contributed by atoms with van der Waals surface area (Å²) >= 11 is 0. The van der Waals surface area contributed by atoms with Gasteiger partial charge in [-0.05, 0) is 45.0 Å². The molecule has 3 rings (SSSR count). The highest BCUT2D eigenvalue weighted by atomic mass is 32.2. The van der Waals surface area contributed by atoms with E-state index in [0.29, 0.717) is 11.3 Å². The lowest BCUT2D eigenvalue weighted by Crippen LogP contribution is -2.52. The molecule has 120 valence electrons. The number of Topliss-reactive ketones (excluding diaryl/α,β-unsaturated/α-hetero) is 1. The SMILES string of the molecule is Cc1ccc(S(=O)(=O)N2c3ccccc3C(=O)CC2(C)C)cc1. The number of para-hydroxylation sites is 1. The summed E-state index contributed by atoms with van der Waals surface area (Å²) in [7, 11) is -3.74. The molecule has 5 heteroatoms. The minimum Gasteiger partial charge on any atom is -0.294 e. The van der Waals surface area contributed by atoms with Crippen LogP contribution < -0.4 is 4.31 Å². The molecule has 2 aromatic carbocycles. The fraction of sp³-hybridized carbons (Fsp3) is 0.278. The monoisotopic (exact) mass is 329 g/mol. The van der Waals surface area contributed by atoms with Crippen LogP contribution in [0.4, 0.5) is 5.69 Å². The van der Waals surface area contributed by atoms with Gasteiger partial charge in [0.25, 0.3) is 10.0 Å². The van der Waals surface area contributed by atoms with Crippen LogP contribution in [0.5, 0.6) is 0 Å². The maximum atomic E-state index is 13.2. The van der Waals surface area contributed by atoms with E-state index in [-0.39, 0.29) is 17.1 Å². The zero-order valence-corrected chi connectivity index (χ0v) is 14.2. The Labute approximate surface area is 136 Å². The van der Waals surface area contributed by atoms with Crippen molar-refractivity contribution in [2.24, 2.45) is 0 Å². The Kier molecular flexibility index (Phi) is 3.56. The molecule has 0 bridgehead atoms. The van der Waals surface area contributed by atoms with E-state index >= 15 is 0 Å². The quantitative estimate of drug-likeness (QED) is 0.846. The highest BCUT2D eigenvalue weighted by Gasteiger charge is 2.44. The number of benzene rings is 2. The second-order valence-corrected chi connectivity index (χ2v) is 8.30. The van der Waals surface area contributed by atoms with Gasteiger partial charge in [0.2, 0.25) is 0 Å². The largest absolute Gasteiger partial charge is 0.294 e. The number of rotatable bonds is 2. The van der Waals surface area contributed by atoms with Gasteiger partial charge in [0.15, 0.2) is 5.78 Å². The molecule has 0 amide bonds. The number of carbonyl (C=O) groups excluding carboxylic acids is 1. The molecule has 2 aromatic rings. The van der Waals surface area contributed by atoms with Crippen molar-refractivity contribution in [1.29, 1.82) is 0 Å². The van der Waals surface area contributed by atoms with E-state index in [9.17, 15) is 13.2 Å². The molecule has 0 aromatic heterocycles. The van der Waals surface area contributed by atoms with Crippen LogP contribution in [0.3, 0.4) is 0 Å². The Hall–Kier alpha value is -2.14. The van der Waals surface area contributed by atoms with Crippen molar-refractivity contribution >= 4 is 21.5 Å². The number of aryl methyl sites for hydroxylation is 1. The molecule has 0 atom stereocenters. The van der Waals surface area contributed by atoms with E-state index in [1.54, 1.807) is 62.4 Å². The van der Waals surface area contributed by atoms with Crippen molar-refractivity contribution in [1.82, 2.24) is 0 Å². The number of nitrogens with zero attached hydrogens (tertiary/aromatic N) is 1. The summed E-state index contributed by atoms with van der Waals surface area (Å²) in [6, 6.07) is 13.7. The molecular formula is C18H19NO3S. The second kappa shape index (κ2) is 5.20. The van der Waals surface area contributed by atoms with Crippen LogP contribution in [0, 0.1) is 6.92 Å². The number of sulfonamides is 1. The molecule has 0 aliphatic carbocycles. The molecule has 0 fully saturated rings. The summed E-state index contributed by atoms with van der Waals surface area (Å²) in [4.78, 5) is 12.6. The summed E-state index contributed by atoms with van der Waals surface area (Å²) in [5.74, 6) is -0.0269. The molecule has 0 unspecified atom stereocenters. The van der Waals surface area contributed by atoms with Crippen molar-refractivity contribution in [3.8, 4) is 0 Å². The standard InChI is InChI=1S/C18H19NO3S/c1-13-8-10-14(11-9-13)23(21,22)19-16-7-5-4-6-15(16)17(20)12-18(19,2)3/h4-11H,12H2,1-3H3. The fourth-order valence-electron chi connectivity index (χ4n) is 3.04. The Morgan fingerprint density at radius 3 is 2.26 bits per heavy atom. The lowest BCUT2D eigenvalue weighted by Gasteiger charge is -2.42. The first-order chi connectivity index (χ1) is 10.7. The molecule has 23 heavy (non-hydrogen) atoms. The van der Waals surface area contributed by atoms with Gasteiger partial charge in [-0.3, -0.25) is 9.10 Å². The molecular weight excluding hydrogens is 310 g/mol. The van der Waals surface area contributed by atoms with Gasteiger partial charge >= 0.3 is 0 Å². The number of ketones is 1. The van der Waals surface area contributed by atoms with Crippen LogP contribution in [0.1, 0.15) is 36.2 Å². The maximum Gasteiger partial charge on any atom is 0.264 e. The van der Waals surface area contributed by atoms with E-state index in [1.807, 2.05) is 6.92 Å². The minimum absolute atomic E-state index is 0.0269. The minimum atomic E-state index is -3.74. The highest BCUT2D eigenvalue weighted by molar-refractivity contribution is 7.93. The van der Waals surface area contributed by atoms with Gasteiger partial charge in [-0.1, -0.05) is 29.8 Å². The van der Waals surface area contributed by atoms with Crippen LogP contribution in [0.25, 0.3) is 0 Å². The van der Waals surface area contributed by atoms with Crippen LogP contribution in [0.2, 0.25) is 0 Å². The smallest absolute Gasteiger partial charge is 0.264 e. The Bertz CT molecular complexity index is 867. The zero-order valence-electron chi connectivity index (χ0n) is 13.4. The molecule has 0 saturated heterocycles. The van der Waals surface area contributed by atoms with Gasteiger partial charge in [-0.15, -0.1) is 0 Å². The van der Waals surface area contributed by atoms with Gasteiger partial charge in [-0.25, -0.2) is 8.42 Å². The third-order valence-electron chi connectivity index (χ3n) is 4.13. The average Bonchev–Trinajstić information content (AvgIpc) is 2.46. The number of fused-ring (bicyclic) bond motifs is 1. The van der Waals surface area contributed by atoms with E-state index in [1.165, 1.54) is 4.31 Å². The highest BCUT2D eigenvalue weighted by Crippen LogP contribution is 2.40. The van der Waals surface area contributed by atoms with Gasteiger partial charge < -0.3 is 0 Å². The Morgan fingerprint density at radius 1 is 1.00 bits per heavy atom. The molecule has 1 aliphatic heterocycles. The first-order valence-corrected chi connectivity index (χ1v) is 8.92. The van der Waals surface area contributed by atoms with Gasteiger partial charge in [0.1, 0.15) is 0 Å². The van der Waals surface area contributed by atoms with Crippen molar-refractivity contribution < 1.29 is 13.2 Å². The molecule has 0 spiro atoms. The topological polar surface area (TPSA) is 54.5 Å². The van der Waals surface area contributed by atoms with E-state index in [4.69, 9.17) is 0 Å². The summed E-state index contributed by atoms with van der Waals surface area (Å²) in [5.41, 5.74) is 1.10. The predicted molar refractivity (Wildman–Crippen MR) is 90.3 cm³/mol. The van der Waals surface area contributed by atoms with E-state index < -0.39 is 15.6 Å². The maximum absolute atomic E-state index is 13.2. The third kappa shape index (κ3) is 2.55. The predicted octanol–water partition coefficient (Wildman–Crippen LogP) is 3.56. The van der Waals surface area contributed by atoms with Gasteiger partial charge in [-0.2, -0.15) is 0 Å². The summed E-state index contributed by atoms with van der Waals surface area (Å²) in [6.45, 7) is 5.48. The molecule has 0 N–H and O–H groups in total. The van der Waals surface area contributed by atoms with Crippen molar-refractivity contribution in [2.45, 2.75) is 37.6 Å². The van der Waals surface area contributed by atoms with Crippen LogP contribution in [-0.4, -0.2) is 19.7 Å². The molecule has 0 saturated carbocycles. The first kappa shape index (κ1) is 15.7. The van der Waals surface area contributed by atoms with E-state index in [2.05, 4.69) is 0 Å². The number of hydrogen-bond donors (Lipinski definition) is 0. The third-order valence-corrected chi connectivity index (χ3v) is 6.16. The molecule has 4 nitrogen and oxygen atoms in total. The molecule has 0 radical (unpaired) electrons. The zero-order chi connectivity index (χ0) is 16.8.